The van der Waals surface area contributed by atoms with Gasteiger partial charge in [-0.1, -0.05) is 30.3 Å². The molecule has 0 saturated carbocycles. The van der Waals surface area contributed by atoms with Gasteiger partial charge < -0.3 is 14.2 Å². The van der Waals surface area contributed by atoms with Crippen molar-refractivity contribution in [2.45, 2.75) is 32.9 Å². The van der Waals surface area contributed by atoms with Crippen LogP contribution >= 0.6 is 11.3 Å². The van der Waals surface area contributed by atoms with Crippen molar-refractivity contribution in [2.24, 2.45) is 0 Å². The zero-order valence-corrected chi connectivity index (χ0v) is 15.9. The molecule has 142 valence electrons. The highest BCUT2D eigenvalue weighted by Crippen LogP contribution is 2.22. The zero-order chi connectivity index (χ0) is 19.2. The third-order valence-corrected chi connectivity index (χ3v) is 4.85. The first-order chi connectivity index (χ1) is 13.1. The van der Waals surface area contributed by atoms with Crippen molar-refractivity contribution in [2.75, 3.05) is 6.54 Å². The number of carbonyl (C=O) groups is 1. The van der Waals surface area contributed by atoms with Gasteiger partial charge in [-0.05, 0) is 36.9 Å². The predicted octanol–water partition coefficient (Wildman–Crippen LogP) is 4.14. The van der Waals surface area contributed by atoms with Crippen molar-refractivity contribution < 1.29 is 18.4 Å². The lowest BCUT2D eigenvalue weighted by molar-refractivity contribution is -0.139. The lowest BCUT2D eigenvalue weighted by Crippen LogP contribution is -2.41. The highest BCUT2D eigenvalue weighted by Gasteiger charge is 2.26. The fourth-order valence-electron chi connectivity index (χ4n) is 2.54. The number of benzene rings is 1. The fourth-order valence-corrected chi connectivity index (χ4v) is 3.19. The molecule has 3 aromatic rings. The van der Waals surface area contributed by atoms with Crippen LogP contribution in [0, 0.1) is 5.82 Å². The van der Waals surface area contributed by atoms with E-state index in [2.05, 4.69) is 10.1 Å². The lowest BCUT2D eigenvalue weighted by atomic mass is 10.2. The Morgan fingerprint density at radius 2 is 2.11 bits per heavy atom. The van der Waals surface area contributed by atoms with Gasteiger partial charge in [0.15, 0.2) is 17.7 Å². The molecule has 1 atom stereocenters. The van der Waals surface area contributed by atoms with Gasteiger partial charge >= 0.3 is 0 Å². The number of para-hydroxylation sites is 1. The lowest BCUT2D eigenvalue weighted by Gasteiger charge is -2.25. The third kappa shape index (κ3) is 4.51. The zero-order valence-electron chi connectivity index (χ0n) is 15.1. The summed E-state index contributed by atoms with van der Waals surface area (Å²) in [5.74, 6) is 0.155. The maximum absolute atomic E-state index is 13.8. The second kappa shape index (κ2) is 8.77. The third-order valence-electron chi connectivity index (χ3n) is 3.98. The number of nitrogens with zero attached hydrogens (tertiary/aromatic N) is 3. The van der Waals surface area contributed by atoms with E-state index in [-0.39, 0.29) is 18.2 Å². The number of rotatable bonds is 8. The predicted molar refractivity (Wildman–Crippen MR) is 99.8 cm³/mol. The summed E-state index contributed by atoms with van der Waals surface area (Å²) in [7, 11) is 0. The molecule has 0 fully saturated rings. The van der Waals surface area contributed by atoms with E-state index in [4.69, 9.17) is 9.26 Å². The minimum Gasteiger partial charge on any atom is -0.478 e. The molecule has 1 unspecified atom stereocenters. The van der Waals surface area contributed by atoms with E-state index >= 15 is 0 Å². The van der Waals surface area contributed by atoms with Crippen LogP contribution in [0.4, 0.5) is 4.39 Å². The molecule has 0 saturated heterocycles. The van der Waals surface area contributed by atoms with Crippen LogP contribution in [0.5, 0.6) is 5.75 Å². The van der Waals surface area contributed by atoms with Crippen LogP contribution in [0.3, 0.4) is 0 Å². The Morgan fingerprint density at radius 1 is 1.30 bits per heavy atom. The van der Waals surface area contributed by atoms with Gasteiger partial charge in [-0.2, -0.15) is 4.98 Å². The summed E-state index contributed by atoms with van der Waals surface area (Å²) in [5, 5.41) is 5.88. The summed E-state index contributed by atoms with van der Waals surface area (Å²) >= 11 is 1.51. The first-order valence-corrected chi connectivity index (χ1v) is 9.56. The largest absolute Gasteiger partial charge is 0.478 e. The van der Waals surface area contributed by atoms with Gasteiger partial charge in [-0.15, -0.1) is 11.3 Å². The van der Waals surface area contributed by atoms with Gasteiger partial charge in [0.05, 0.1) is 4.88 Å². The smallest absolute Gasteiger partial charge is 0.264 e. The SMILES string of the molecule is CCC(Oc1ccccc1F)C(=O)N(CC)Cc1nc(-c2cccs2)no1. The standard InChI is InChI=1S/C19H20FN3O3S/c1-3-14(25-15-9-6-5-8-13(15)20)19(24)23(4-2)12-17-21-18(22-26-17)16-10-7-11-27-16/h5-11,14H,3-4,12H2,1-2H3. The quantitative estimate of drug-likeness (QED) is 0.579. The van der Waals surface area contributed by atoms with E-state index in [0.717, 1.165) is 4.88 Å². The van der Waals surface area contributed by atoms with E-state index in [0.29, 0.717) is 24.7 Å². The van der Waals surface area contributed by atoms with Crippen molar-refractivity contribution in [3.05, 3.63) is 53.5 Å². The van der Waals surface area contributed by atoms with E-state index < -0.39 is 11.9 Å². The molecular weight excluding hydrogens is 369 g/mol. The van der Waals surface area contributed by atoms with Crippen molar-refractivity contribution in [1.82, 2.24) is 15.0 Å². The molecular formula is C19H20FN3O3S. The molecule has 1 amide bonds. The molecule has 2 heterocycles. The number of hydrogen-bond donors (Lipinski definition) is 0. The fraction of sp³-hybridized carbons (Fsp3) is 0.316. The van der Waals surface area contributed by atoms with Crippen molar-refractivity contribution in [1.29, 1.82) is 0 Å². The second-order valence-corrected chi connectivity index (χ2v) is 6.73. The Labute approximate surface area is 160 Å². The first kappa shape index (κ1) is 19.0. The van der Waals surface area contributed by atoms with Crippen LogP contribution in [0.2, 0.25) is 0 Å². The summed E-state index contributed by atoms with van der Waals surface area (Å²) in [5.41, 5.74) is 0. The van der Waals surface area contributed by atoms with Crippen LogP contribution < -0.4 is 4.74 Å². The van der Waals surface area contributed by atoms with E-state index in [1.54, 1.807) is 17.0 Å². The summed E-state index contributed by atoms with van der Waals surface area (Å²) in [6, 6.07) is 9.85. The van der Waals surface area contributed by atoms with Crippen molar-refractivity contribution in [3.8, 4) is 16.5 Å². The average molecular weight is 389 g/mol. The normalized spacial score (nSPS) is 12.0. The van der Waals surface area contributed by atoms with E-state index in [1.165, 1.54) is 23.5 Å². The summed E-state index contributed by atoms with van der Waals surface area (Å²) in [4.78, 5) is 19.6. The Morgan fingerprint density at radius 3 is 2.78 bits per heavy atom. The van der Waals surface area contributed by atoms with Crippen LogP contribution in [0.1, 0.15) is 26.2 Å². The highest BCUT2D eigenvalue weighted by atomic mass is 32.1. The van der Waals surface area contributed by atoms with Crippen molar-refractivity contribution >= 4 is 17.2 Å². The molecule has 0 radical (unpaired) electrons. The van der Waals surface area contributed by atoms with Crippen molar-refractivity contribution in [3.63, 3.8) is 0 Å². The number of aromatic nitrogens is 2. The van der Waals surface area contributed by atoms with Gasteiger partial charge in [0.25, 0.3) is 5.91 Å². The Balaban J connectivity index is 1.70. The molecule has 2 aromatic heterocycles. The number of likely N-dealkylation sites (N-methyl/N-ethyl adjacent to an activating group) is 1. The van der Waals surface area contributed by atoms with Gasteiger partial charge in [-0.25, -0.2) is 4.39 Å². The number of amides is 1. The molecule has 0 spiro atoms. The Bertz CT molecular complexity index is 882. The average Bonchev–Trinajstić information content (AvgIpc) is 3.36. The summed E-state index contributed by atoms with van der Waals surface area (Å²) in [6.45, 7) is 4.28. The molecule has 1 aromatic carbocycles. The van der Waals surface area contributed by atoms with Crippen LogP contribution in [0.15, 0.2) is 46.3 Å². The molecule has 0 bridgehead atoms. The maximum Gasteiger partial charge on any atom is 0.264 e. The number of ether oxygens (including phenoxy) is 1. The number of hydrogen-bond acceptors (Lipinski definition) is 6. The summed E-state index contributed by atoms with van der Waals surface area (Å²) < 4.78 is 24.7. The summed E-state index contributed by atoms with van der Waals surface area (Å²) in [6.07, 6.45) is -0.380. The second-order valence-electron chi connectivity index (χ2n) is 5.79. The highest BCUT2D eigenvalue weighted by molar-refractivity contribution is 7.13. The van der Waals surface area contributed by atoms with Gasteiger partial charge in [-0.3, -0.25) is 4.79 Å². The minimum atomic E-state index is -0.790. The first-order valence-electron chi connectivity index (χ1n) is 8.68. The van der Waals surface area contributed by atoms with E-state index in [9.17, 15) is 9.18 Å². The number of carbonyl (C=O) groups excluding carboxylic acids is 1. The molecule has 0 aliphatic carbocycles. The van der Waals surface area contributed by atoms with Crippen LogP contribution in [0.25, 0.3) is 10.7 Å². The van der Waals surface area contributed by atoms with Gasteiger partial charge in [0.1, 0.15) is 6.54 Å². The van der Waals surface area contributed by atoms with Gasteiger partial charge in [0, 0.05) is 6.54 Å². The molecule has 0 N–H and O–H groups in total. The molecule has 0 aliphatic heterocycles. The topological polar surface area (TPSA) is 68.5 Å². The number of halogens is 1. The number of thiophene rings is 1. The molecule has 0 aliphatic rings. The minimum absolute atomic E-state index is 0.0616. The molecule has 6 nitrogen and oxygen atoms in total. The Kier molecular flexibility index (Phi) is 6.18. The van der Waals surface area contributed by atoms with Crippen LogP contribution in [-0.4, -0.2) is 33.6 Å². The molecule has 27 heavy (non-hydrogen) atoms. The van der Waals surface area contributed by atoms with Gasteiger partial charge in [0.2, 0.25) is 11.7 Å². The molecule has 8 heteroatoms. The van der Waals surface area contributed by atoms with Crippen LogP contribution in [-0.2, 0) is 11.3 Å². The Hall–Kier alpha value is -2.74. The van der Waals surface area contributed by atoms with E-state index in [1.807, 2.05) is 31.4 Å². The molecule has 3 rings (SSSR count). The maximum atomic E-state index is 13.8. The monoisotopic (exact) mass is 389 g/mol.